The molecule has 4 heteroatoms. The number of benzene rings is 1. The summed E-state index contributed by atoms with van der Waals surface area (Å²) in [5.41, 5.74) is 0.692. The third-order valence-corrected chi connectivity index (χ3v) is 3.56. The molecule has 1 aromatic rings. The van der Waals surface area contributed by atoms with E-state index in [4.69, 9.17) is 16.7 Å². The fourth-order valence-electron chi connectivity index (χ4n) is 1.52. The number of carbonyl (C=O) groups is 1. The lowest BCUT2D eigenvalue weighted by atomic mass is 10.1. The summed E-state index contributed by atoms with van der Waals surface area (Å²) in [6, 6.07) is 6.21. The van der Waals surface area contributed by atoms with Gasteiger partial charge in [-0.1, -0.05) is 0 Å². The zero-order valence-electron chi connectivity index (χ0n) is 8.87. The molecule has 1 aliphatic rings. The zero-order chi connectivity index (χ0) is 11.6. The normalized spacial score (nSPS) is 16.8. The molecule has 0 aliphatic heterocycles. The van der Waals surface area contributed by atoms with Crippen LogP contribution in [-0.4, -0.2) is 23.4 Å². The Morgan fingerprint density at radius 1 is 1.38 bits per heavy atom. The van der Waals surface area contributed by atoms with Crippen LogP contribution in [0.2, 0.25) is 0 Å². The Bertz CT molecular complexity index is 385. The summed E-state index contributed by atoms with van der Waals surface area (Å²) in [4.78, 5) is 11.7. The van der Waals surface area contributed by atoms with Gasteiger partial charge in [0.25, 0.3) is 5.91 Å². The van der Waals surface area contributed by atoms with Crippen molar-refractivity contribution >= 4 is 17.5 Å². The lowest BCUT2D eigenvalue weighted by molar-refractivity contribution is 0.0946. The lowest BCUT2D eigenvalue weighted by Crippen LogP contribution is -2.30. The van der Waals surface area contributed by atoms with Crippen molar-refractivity contribution in [2.45, 2.75) is 12.8 Å². The van der Waals surface area contributed by atoms with Crippen molar-refractivity contribution in [2.75, 3.05) is 12.4 Å². The van der Waals surface area contributed by atoms with Gasteiger partial charge in [0, 0.05) is 23.4 Å². The van der Waals surface area contributed by atoms with Crippen molar-refractivity contribution in [2.24, 2.45) is 5.41 Å². The Labute approximate surface area is 99.4 Å². The first kappa shape index (κ1) is 11.3. The van der Waals surface area contributed by atoms with E-state index in [2.05, 4.69) is 5.32 Å². The van der Waals surface area contributed by atoms with Crippen LogP contribution in [-0.2, 0) is 0 Å². The maximum absolute atomic E-state index is 11.7. The van der Waals surface area contributed by atoms with Gasteiger partial charge in [0.05, 0.1) is 0 Å². The third kappa shape index (κ3) is 2.47. The van der Waals surface area contributed by atoms with Gasteiger partial charge in [0.1, 0.15) is 5.75 Å². The molecule has 1 aliphatic carbocycles. The zero-order valence-corrected chi connectivity index (χ0v) is 9.63. The molecular weight excluding hydrogens is 226 g/mol. The maximum Gasteiger partial charge on any atom is 0.251 e. The van der Waals surface area contributed by atoms with Crippen molar-refractivity contribution in [1.82, 2.24) is 5.32 Å². The van der Waals surface area contributed by atoms with E-state index in [9.17, 15) is 4.79 Å². The summed E-state index contributed by atoms with van der Waals surface area (Å²) in [7, 11) is 0. The first-order valence-corrected chi connectivity index (χ1v) is 5.82. The van der Waals surface area contributed by atoms with Crippen LogP contribution in [0.1, 0.15) is 23.2 Å². The van der Waals surface area contributed by atoms with E-state index in [1.807, 2.05) is 0 Å². The van der Waals surface area contributed by atoms with Crippen molar-refractivity contribution in [3.63, 3.8) is 0 Å². The van der Waals surface area contributed by atoms with Crippen LogP contribution in [0.4, 0.5) is 0 Å². The number of amides is 1. The molecule has 0 unspecified atom stereocenters. The summed E-state index contributed by atoms with van der Waals surface area (Å²) in [6.45, 7) is 0.635. The Hall–Kier alpha value is -1.22. The van der Waals surface area contributed by atoms with E-state index in [1.54, 1.807) is 12.1 Å². The molecule has 2 rings (SSSR count). The molecule has 0 heterocycles. The molecule has 86 valence electrons. The van der Waals surface area contributed by atoms with Crippen molar-refractivity contribution in [1.29, 1.82) is 0 Å². The summed E-state index contributed by atoms with van der Waals surface area (Å²) >= 11 is 5.82. The molecule has 0 radical (unpaired) electrons. The van der Waals surface area contributed by atoms with Gasteiger partial charge in [-0.2, -0.15) is 0 Å². The van der Waals surface area contributed by atoms with E-state index in [0.717, 1.165) is 12.8 Å². The molecule has 16 heavy (non-hydrogen) atoms. The van der Waals surface area contributed by atoms with Gasteiger partial charge in [-0.25, -0.2) is 0 Å². The molecule has 1 amide bonds. The molecule has 0 spiro atoms. The number of nitrogens with one attached hydrogen (secondary N) is 1. The molecule has 2 N–H and O–H groups in total. The fourth-order valence-corrected chi connectivity index (χ4v) is 1.88. The number of hydrogen-bond acceptors (Lipinski definition) is 2. The second-order valence-electron chi connectivity index (χ2n) is 4.36. The maximum atomic E-state index is 11.7. The number of rotatable bonds is 4. The Balaban J connectivity index is 1.91. The highest BCUT2D eigenvalue weighted by molar-refractivity contribution is 6.18. The molecule has 1 aromatic carbocycles. The Morgan fingerprint density at radius 3 is 2.50 bits per heavy atom. The lowest BCUT2D eigenvalue weighted by Gasteiger charge is -2.12. The van der Waals surface area contributed by atoms with Crippen molar-refractivity contribution in [3.05, 3.63) is 29.8 Å². The van der Waals surface area contributed by atoms with E-state index >= 15 is 0 Å². The average molecular weight is 240 g/mol. The summed E-state index contributed by atoms with van der Waals surface area (Å²) in [5, 5.41) is 12.0. The quantitative estimate of drug-likeness (QED) is 0.791. The second-order valence-corrected chi connectivity index (χ2v) is 4.63. The average Bonchev–Trinajstić information content (AvgIpc) is 3.08. The largest absolute Gasteiger partial charge is 0.508 e. The van der Waals surface area contributed by atoms with Crippen LogP contribution < -0.4 is 5.32 Å². The molecular formula is C12H14ClNO2. The number of phenols is 1. The van der Waals surface area contributed by atoms with Gasteiger partial charge in [0.15, 0.2) is 0 Å². The topological polar surface area (TPSA) is 49.3 Å². The molecule has 0 saturated heterocycles. The van der Waals surface area contributed by atoms with Crippen LogP contribution in [0.5, 0.6) is 5.75 Å². The highest BCUT2D eigenvalue weighted by Crippen LogP contribution is 2.45. The molecule has 3 nitrogen and oxygen atoms in total. The van der Waals surface area contributed by atoms with Crippen LogP contribution in [0.25, 0.3) is 0 Å². The second kappa shape index (κ2) is 4.34. The van der Waals surface area contributed by atoms with E-state index in [0.29, 0.717) is 18.0 Å². The number of carbonyl (C=O) groups excluding carboxylic acids is 1. The molecule has 0 atom stereocenters. The number of halogens is 1. The predicted octanol–water partition coefficient (Wildman–Crippen LogP) is 2.14. The number of hydrogen-bond donors (Lipinski definition) is 2. The summed E-state index contributed by atoms with van der Waals surface area (Å²) < 4.78 is 0. The monoisotopic (exact) mass is 239 g/mol. The smallest absolute Gasteiger partial charge is 0.251 e. The van der Waals surface area contributed by atoms with Crippen LogP contribution in [0.15, 0.2) is 24.3 Å². The summed E-state index contributed by atoms with van der Waals surface area (Å²) in [6.07, 6.45) is 2.18. The minimum absolute atomic E-state index is 0.114. The minimum Gasteiger partial charge on any atom is -0.508 e. The van der Waals surface area contributed by atoms with Gasteiger partial charge in [-0.3, -0.25) is 4.79 Å². The number of phenolic OH excluding ortho intramolecular Hbond substituents is 1. The van der Waals surface area contributed by atoms with Crippen LogP contribution >= 0.6 is 11.6 Å². The van der Waals surface area contributed by atoms with Crippen molar-refractivity contribution < 1.29 is 9.90 Å². The van der Waals surface area contributed by atoms with Gasteiger partial charge in [-0.15, -0.1) is 11.6 Å². The highest BCUT2D eigenvalue weighted by Gasteiger charge is 2.41. The highest BCUT2D eigenvalue weighted by atomic mass is 35.5. The van der Waals surface area contributed by atoms with Gasteiger partial charge < -0.3 is 10.4 Å². The predicted molar refractivity (Wildman–Crippen MR) is 62.8 cm³/mol. The van der Waals surface area contributed by atoms with Gasteiger partial charge in [-0.05, 0) is 37.1 Å². The first-order valence-electron chi connectivity index (χ1n) is 5.28. The van der Waals surface area contributed by atoms with Crippen molar-refractivity contribution in [3.8, 4) is 5.75 Å². The SMILES string of the molecule is O=C(NCC1(CCl)CC1)c1ccc(O)cc1. The number of aromatic hydroxyl groups is 1. The minimum atomic E-state index is -0.114. The Morgan fingerprint density at radius 2 is 2.00 bits per heavy atom. The van der Waals surface area contributed by atoms with Crippen LogP contribution in [0.3, 0.4) is 0 Å². The summed E-state index contributed by atoms with van der Waals surface area (Å²) in [5.74, 6) is 0.649. The standard InChI is InChI=1S/C12H14ClNO2/c13-7-12(5-6-12)8-14-11(16)9-1-3-10(15)4-2-9/h1-4,15H,5-8H2,(H,14,16). The molecule has 1 fully saturated rings. The molecule has 0 bridgehead atoms. The first-order chi connectivity index (χ1) is 7.65. The van der Waals surface area contributed by atoms with Gasteiger partial charge in [0.2, 0.25) is 0 Å². The van der Waals surface area contributed by atoms with Gasteiger partial charge >= 0.3 is 0 Å². The molecule has 1 saturated carbocycles. The Kier molecular flexibility index (Phi) is 3.06. The van der Waals surface area contributed by atoms with E-state index in [-0.39, 0.29) is 17.1 Å². The van der Waals surface area contributed by atoms with E-state index < -0.39 is 0 Å². The molecule has 0 aromatic heterocycles. The fraction of sp³-hybridized carbons (Fsp3) is 0.417. The number of alkyl halides is 1. The third-order valence-electron chi connectivity index (χ3n) is 2.99. The van der Waals surface area contributed by atoms with E-state index in [1.165, 1.54) is 12.1 Å². The van der Waals surface area contributed by atoms with Crippen LogP contribution in [0, 0.1) is 5.41 Å².